The van der Waals surface area contributed by atoms with Crippen molar-refractivity contribution in [1.29, 1.82) is 0 Å². The quantitative estimate of drug-likeness (QED) is 0.472. The molecule has 0 saturated heterocycles. The smallest absolute Gasteiger partial charge is 0.0757 e. The third-order valence-electron chi connectivity index (χ3n) is 8.40. The summed E-state index contributed by atoms with van der Waals surface area (Å²) in [5, 5.41) is 31.7. The van der Waals surface area contributed by atoms with Crippen LogP contribution in [-0.2, 0) is 0 Å². The van der Waals surface area contributed by atoms with E-state index in [0.29, 0.717) is 24.7 Å². The Morgan fingerprint density at radius 2 is 1.88 bits per heavy atom. The minimum absolute atomic E-state index is 0.0307. The van der Waals surface area contributed by atoms with Crippen LogP contribution >= 0.6 is 0 Å². The van der Waals surface area contributed by atoms with Gasteiger partial charge in [0.1, 0.15) is 0 Å². The van der Waals surface area contributed by atoms with Crippen molar-refractivity contribution < 1.29 is 15.3 Å². The van der Waals surface area contributed by atoms with Crippen LogP contribution in [0, 0.1) is 46.8 Å². The normalized spacial score (nSPS) is 56.5. The molecule has 0 amide bonds. The van der Waals surface area contributed by atoms with Crippen LogP contribution in [0.5, 0.6) is 0 Å². The number of hydrogen-bond donors (Lipinski definition) is 3. The highest BCUT2D eigenvalue weighted by Gasteiger charge is 2.62. The van der Waals surface area contributed by atoms with Crippen LogP contribution in [0.25, 0.3) is 0 Å². The van der Waals surface area contributed by atoms with E-state index in [-0.39, 0.29) is 28.8 Å². The molecule has 0 spiro atoms. The van der Waals surface area contributed by atoms with Gasteiger partial charge in [-0.2, -0.15) is 0 Å². The summed E-state index contributed by atoms with van der Waals surface area (Å²) in [6.45, 7) is 4.48. The van der Waals surface area contributed by atoms with E-state index in [9.17, 15) is 15.3 Å². The number of aliphatic hydroxyl groups excluding tert-OH is 3. The summed E-state index contributed by atoms with van der Waals surface area (Å²) < 4.78 is 0. The van der Waals surface area contributed by atoms with Gasteiger partial charge in [0.05, 0.1) is 18.3 Å². The largest absolute Gasteiger partial charge is 0.393 e. The molecule has 24 heavy (non-hydrogen) atoms. The summed E-state index contributed by atoms with van der Waals surface area (Å²) in [5.74, 6) is 3.89. The van der Waals surface area contributed by atoms with Gasteiger partial charge in [0.15, 0.2) is 0 Å². The van der Waals surface area contributed by atoms with Gasteiger partial charge in [-0.25, -0.2) is 0 Å². The highest BCUT2D eigenvalue weighted by atomic mass is 16.3. The van der Waals surface area contributed by atoms with Gasteiger partial charge in [0.2, 0.25) is 0 Å². The lowest BCUT2D eigenvalue weighted by atomic mass is 9.45. The number of hydrogen-bond acceptors (Lipinski definition) is 3. The second-order valence-corrected chi connectivity index (χ2v) is 9.21. The van der Waals surface area contributed by atoms with Gasteiger partial charge in [0, 0.05) is 11.3 Å². The Morgan fingerprint density at radius 3 is 2.58 bits per heavy atom. The van der Waals surface area contributed by atoms with Crippen molar-refractivity contribution in [3.05, 3.63) is 11.6 Å². The van der Waals surface area contributed by atoms with Gasteiger partial charge in [-0.3, -0.25) is 0 Å². The fourth-order valence-electron chi connectivity index (χ4n) is 6.94. The van der Waals surface area contributed by atoms with Crippen LogP contribution in [0.15, 0.2) is 11.6 Å². The Morgan fingerprint density at radius 1 is 1.12 bits per heavy atom. The summed E-state index contributed by atoms with van der Waals surface area (Å²) in [4.78, 5) is 0. The number of aliphatic hydroxyl groups is 3. The van der Waals surface area contributed by atoms with Gasteiger partial charge < -0.3 is 15.3 Å². The molecule has 0 aromatic rings. The fourth-order valence-corrected chi connectivity index (χ4v) is 6.94. The molecule has 132 valence electrons. The van der Waals surface area contributed by atoms with Crippen molar-refractivity contribution in [3.63, 3.8) is 0 Å². The molecule has 4 aliphatic rings. The Balaban J connectivity index is 1.78. The van der Waals surface area contributed by atoms with E-state index in [1.807, 2.05) is 6.08 Å². The third kappa shape index (κ3) is 1.97. The predicted octanol–water partition coefficient (Wildman–Crippen LogP) is 2.50. The lowest BCUT2D eigenvalue weighted by molar-refractivity contribution is -0.113. The van der Waals surface area contributed by atoms with Crippen molar-refractivity contribution in [2.75, 3.05) is 0 Å². The van der Waals surface area contributed by atoms with Crippen molar-refractivity contribution in [3.8, 4) is 12.3 Å². The summed E-state index contributed by atoms with van der Waals surface area (Å²) in [6.07, 6.45) is 11.9. The summed E-state index contributed by atoms with van der Waals surface area (Å²) in [5.41, 5.74) is 0.983. The van der Waals surface area contributed by atoms with Crippen LogP contribution in [0.4, 0.5) is 0 Å². The standard InChI is InChI=1S/C21H30O3/c1-4-12-9-14(22)10-13-11-17(23)19-15-5-6-18(24)20(15,2)8-7-16(19)21(12,13)3/h1,11-12,14-19,22-24H,5-10H2,2-3H3/t12?,14-,15-,16-,17-,18-,19-,20-,21-/m0/s1. The average Bonchev–Trinajstić information content (AvgIpc) is 2.84. The molecular formula is C21H30O3. The van der Waals surface area contributed by atoms with Gasteiger partial charge >= 0.3 is 0 Å². The van der Waals surface area contributed by atoms with Crippen LogP contribution in [-0.4, -0.2) is 33.6 Å². The zero-order valence-electron chi connectivity index (χ0n) is 14.8. The lowest BCUT2D eigenvalue weighted by Gasteiger charge is -2.60. The van der Waals surface area contributed by atoms with Gasteiger partial charge in [-0.05, 0) is 61.7 Å². The first-order valence-electron chi connectivity index (χ1n) is 9.54. The Kier molecular flexibility index (Phi) is 3.70. The van der Waals surface area contributed by atoms with E-state index in [1.165, 1.54) is 5.57 Å². The van der Waals surface area contributed by atoms with E-state index in [0.717, 1.165) is 25.7 Å². The maximum Gasteiger partial charge on any atom is 0.0757 e. The summed E-state index contributed by atoms with van der Waals surface area (Å²) in [7, 11) is 0. The molecule has 0 heterocycles. The summed E-state index contributed by atoms with van der Waals surface area (Å²) >= 11 is 0. The Hall–Kier alpha value is -0.820. The highest BCUT2D eigenvalue weighted by molar-refractivity contribution is 5.32. The number of terminal acetylenes is 1. The van der Waals surface area contributed by atoms with Crippen LogP contribution in [0.2, 0.25) is 0 Å². The van der Waals surface area contributed by atoms with Gasteiger partial charge in [-0.15, -0.1) is 12.3 Å². The molecule has 4 aliphatic carbocycles. The topological polar surface area (TPSA) is 60.7 Å². The molecule has 0 aromatic heterocycles. The first kappa shape index (κ1) is 16.6. The van der Waals surface area contributed by atoms with Crippen molar-refractivity contribution in [1.82, 2.24) is 0 Å². The molecule has 9 atom stereocenters. The van der Waals surface area contributed by atoms with Crippen molar-refractivity contribution >= 4 is 0 Å². The van der Waals surface area contributed by atoms with Gasteiger partial charge in [-0.1, -0.05) is 25.5 Å². The third-order valence-corrected chi connectivity index (χ3v) is 8.40. The van der Waals surface area contributed by atoms with E-state index in [4.69, 9.17) is 6.42 Å². The molecule has 1 unspecified atom stereocenters. The number of rotatable bonds is 0. The van der Waals surface area contributed by atoms with Crippen molar-refractivity contribution in [2.45, 2.75) is 70.7 Å². The van der Waals surface area contributed by atoms with E-state index in [2.05, 4.69) is 19.8 Å². The van der Waals surface area contributed by atoms with Crippen molar-refractivity contribution in [2.24, 2.45) is 34.5 Å². The van der Waals surface area contributed by atoms with E-state index < -0.39 is 12.2 Å². The zero-order chi connectivity index (χ0) is 17.3. The predicted molar refractivity (Wildman–Crippen MR) is 92.8 cm³/mol. The minimum Gasteiger partial charge on any atom is -0.393 e. The molecule has 3 N–H and O–H groups in total. The molecule has 3 heteroatoms. The molecule has 3 saturated carbocycles. The molecule has 0 bridgehead atoms. The SMILES string of the molecule is C#CC1C[C@H](O)CC2=C[C@H](O)[C@H]3[C@@H]4CC[C@H](O)[C@@]4(C)CC[C@@H]3[C@]21C. The molecule has 0 radical (unpaired) electrons. The Labute approximate surface area is 145 Å². The molecule has 4 rings (SSSR count). The maximum absolute atomic E-state index is 11.0. The summed E-state index contributed by atoms with van der Waals surface area (Å²) in [6, 6.07) is 0. The fraction of sp³-hybridized carbons (Fsp3) is 0.810. The average molecular weight is 330 g/mol. The molecular weight excluding hydrogens is 300 g/mol. The number of fused-ring (bicyclic) bond motifs is 5. The lowest BCUT2D eigenvalue weighted by Crippen LogP contribution is -2.57. The first-order valence-corrected chi connectivity index (χ1v) is 9.54. The molecule has 0 aromatic carbocycles. The second kappa shape index (κ2) is 5.34. The molecule has 0 aliphatic heterocycles. The van der Waals surface area contributed by atoms with Crippen LogP contribution in [0.3, 0.4) is 0 Å². The van der Waals surface area contributed by atoms with Crippen LogP contribution < -0.4 is 0 Å². The molecule has 3 nitrogen and oxygen atoms in total. The molecule has 3 fully saturated rings. The second-order valence-electron chi connectivity index (χ2n) is 9.21. The monoisotopic (exact) mass is 330 g/mol. The minimum atomic E-state index is -0.475. The van der Waals surface area contributed by atoms with E-state index >= 15 is 0 Å². The zero-order valence-corrected chi connectivity index (χ0v) is 14.8. The Bertz CT molecular complexity index is 605. The highest BCUT2D eigenvalue weighted by Crippen LogP contribution is 2.65. The van der Waals surface area contributed by atoms with Crippen LogP contribution in [0.1, 0.15) is 52.4 Å². The van der Waals surface area contributed by atoms with E-state index in [1.54, 1.807) is 0 Å². The first-order chi connectivity index (χ1) is 11.3. The van der Waals surface area contributed by atoms with Gasteiger partial charge in [0.25, 0.3) is 0 Å². The maximum atomic E-state index is 11.0.